The normalized spacial score (nSPS) is 12.0. The standard InChI is InChI=1S/C18H19N3O5S/c1-4-14(17(22)23)27-18-20-19-16(11-8-9-26-10-11)21(18)15-12(24-2)6-5-7-13(15)25-3/h5-10,14H,4H2,1-3H3,(H,22,23). The van der Waals surface area contributed by atoms with Crippen LogP contribution in [0.5, 0.6) is 11.5 Å². The van der Waals surface area contributed by atoms with Crippen molar-refractivity contribution < 1.29 is 23.8 Å². The van der Waals surface area contributed by atoms with E-state index < -0.39 is 11.2 Å². The lowest BCUT2D eigenvalue weighted by molar-refractivity contribution is -0.136. The van der Waals surface area contributed by atoms with Crippen molar-refractivity contribution in [1.29, 1.82) is 0 Å². The van der Waals surface area contributed by atoms with Crippen molar-refractivity contribution in [2.75, 3.05) is 14.2 Å². The number of rotatable bonds is 8. The van der Waals surface area contributed by atoms with Gasteiger partial charge in [-0.25, -0.2) is 0 Å². The Morgan fingerprint density at radius 2 is 1.96 bits per heavy atom. The van der Waals surface area contributed by atoms with Gasteiger partial charge in [0.25, 0.3) is 0 Å². The molecule has 0 amide bonds. The van der Waals surface area contributed by atoms with Crippen molar-refractivity contribution in [1.82, 2.24) is 14.8 Å². The monoisotopic (exact) mass is 389 g/mol. The summed E-state index contributed by atoms with van der Waals surface area (Å²) in [5.41, 5.74) is 1.29. The Hall–Kier alpha value is -2.94. The largest absolute Gasteiger partial charge is 0.494 e. The van der Waals surface area contributed by atoms with Crippen LogP contribution in [0.1, 0.15) is 13.3 Å². The first kappa shape index (κ1) is 18.8. The molecule has 2 heterocycles. The number of furan rings is 1. The van der Waals surface area contributed by atoms with Gasteiger partial charge in [-0.15, -0.1) is 10.2 Å². The van der Waals surface area contributed by atoms with Crippen LogP contribution < -0.4 is 9.47 Å². The number of carbonyl (C=O) groups is 1. The van der Waals surface area contributed by atoms with Crippen LogP contribution in [-0.2, 0) is 4.79 Å². The lowest BCUT2D eigenvalue weighted by Gasteiger charge is -2.17. The number of aliphatic carboxylic acids is 1. The van der Waals surface area contributed by atoms with Crippen LogP contribution in [0.25, 0.3) is 17.1 Å². The third-order valence-electron chi connectivity index (χ3n) is 3.93. The Labute approximate surface area is 160 Å². The van der Waals surface area contributed by atoms with E-state index in [4.69, 9.17) is 13.9 Å². The Bertz CT molecular complexity index is 901. The van der Waals surface area contributed by atoms with Gasteiger partial charge in [0, 0.05) is 0 Å². The second-order valence-corrected chi connectivity index (χ2v) is 6.69. The minimum atomic E-state index is -0.908. The molecular weight excluding hydrogens is 370 g/mol. The van der Waals surface area contributed by atoms with Crippen molar-refractivity contribution in [3.63, 3.8) is 0 Å². The number of ether oxygens (including phenoxy) is 2. The quantitative estimate of drug-likeness (QED) is 0.584. The molecule has 9 heteroatoms. The van der Waals surface area contributed by atoms with Crippen molar-refractivity contribution in [2.24, 2.45) is 0 Å². The molecule has 27 heavy (non-hydrogen) atoms. The Balaban J connectivity index is 2.24. The van der Waals surface area contributed by atoms with Gasteiger partial charge in [0.2, 0.25) is 0 Å². The highest BCUT2D eigenvalue weighted by molar-refractivity contribution is 8.00. The summed E-state index contributed by atoms with van der Waals surface area (Å²) in [5, 5.41) is 17.7. The van der Waals surface area contributed by atoms with Crippen molar-refractivity contribution in [3.8, 4) is 28.6 Å². The topological polar surface area (TPSA) is 99.6 Å². The van der Waals surface area contributed by atoms with Gasteiger partial charge in [0.05, 0.1) is 26.0 Å². The van der Waals surface area contributed by atoms with E-state index in [0.717, 1.165) is 11.8 Å². The second-order valence-electron chi connectivity index (χ2n) is 5.52. The van der Waals surface area contributed by atoms with Gasteiger partial charge in [0.15, 0.2) is 11.0 Å². The van der Waals surface area contributed by atoms with Crippen LogP contribution >= 0.6 is 11.8 Å². The Morgan fingerprint density at radius 1 is 1.26 bits per heavy atom. The number of carboxylic acid groups (broad SMARTS) is 1. The molecule has 0 bridgehead atoms. The summed E-state index contributed by atoms with van der Waals surface area (Å²) in [6, 6.07) is 7.15. The van der Waals surface area contributed by atoms with Crippen molar-refractivity contribution in [3.05, 3.63) is 36.8 Å². The van der Waals surface area contributed by atoms with Gasteiger partial charge >= 0.3 is 5.97 Å². The highest BCUT2D eigenvalue weighted by Crippen LogP contribution is 2.39. The lowest BCUT2D eigenvalue weighted by Crippen LogP contribution is -2.16. The van der Waals surface area contributed by atoms with E-state index in [1.54, 1.807) is 43.2 Å². The van der Waals surface area contributed by atoms with E-state index in [0.29, 0.717) is 40.2 Å². The maximum atomic E-state index is 11.5. The molecule has 0 radical (unpaired) electrons. The predicted molar refractivity (Wildman–Crippen MR) is 99.7 cm³/mol. The molecule has 142 valence electrons. The van der Waals surface area contributed by atoms with Gasteiger partial charge in [-0.3, -0.25) is 9.36 Å². The molecular formula is C18H19N3O5S. The minimum Gasteiger partial charge on any atom is -0.494 e. The van der Waals surface area contributed by atoms with Gasteiger partial charge in [-0.05, 0) is 24.6 Å². The van der Waals surface area contributed by atoms with Crippen LogP contribution in [0.4, 0.5) is 0 Å². The fraction of sp³-hybridized carbons (Fsp3) is 0.278. The molecule has 0 aliphatic carbocycles. The number of thioether (sulfide) groups is 1. The zero-order valence-corrected chi connectivity index (χ0v) is 15.9. The Morgan fingerprint density at radius 3 is 2.48 bits per heavy atom. The number of benzene rings is 1. The Kier molecular flexibility index (Phi) is 5.70. The van der Waals surface area contributed by atoms with Crippen LogP contribution in [0, 0.1) is 0 Å². The van der Waals surface area contributed by atoms with Gasteiger partial charge in [0.1, 0.15) is 28.7 Å². The van der Waals surface area contributed by atoms with Crippen LogP contribution in [-0.4, -0.2) is 45.3 Å². The molecule has 0 aliphatic rings. The predicted octanol–water partition coefficient (Wildman–Crippen LogP) is 3.50. The molecule has 0 aliphatic heterocycles. The van der Waals surface area contributed by atoms with Crippen LogP contribution in [0.2, 0.25) is 0 Å². The molecule has 1 aromatic carbocycles. The number of aromatic nitrogens is 3. The molecule has 2 aromatic heterocycles. The van der Waals surface area contributed by atoms with E-state index in [-0.39, 0.29) is 0 Å². The molecule has 0 saturated heterocycles. The highest BCUT2D eigenvalue weighted by Gasteiger charge is 2.26. The SMILES string of the molecule is CCC(Sc1nnc(-c2ccoc2)n1-c1c(OC)cccc1OC)C(=O)O. The van der Waals surface area contributed by atoms with Crippen molar-refractivity contribution in [2.45, 2.75) is 23.8 Å². The highest BCUT2D eigenvalue weighted by atomic mass is 32.2. The zero-order valence-electron chi connectivity index (χ0n) is 15.1. The van der Waals surface area contributed by atoms with E-state index in [9.17, 15) is 9.90 Å². The molecule has 1 unspecified atom stereocenters. The number of hydrogen-bond donors (Lipinski definition) is 1. The maximum absolute atomic E-state index is 11.5. The first-order chi connectivity index (χ1) is 13.1. The summed E-state index contributed by atoms with van der Waals surface area (Å²) in [7, 11) is 3.11. The van der Waals surface area contributed by atoms with Crippen molar-refractivity contribution >= 4 is 17.7 Å². The van der Waals surface area contributed by atoms with E-state index in [1.165, 1.54) is 6.26 Å². The summed E-state index contributed by atoms with van der Waals surface area (Å²) >= 11 is 1.12. The number of nitrogens with zero attached hydrogens (tertiary/aromatic N) is 3. The number of hydrogen-bond acceptors (Lipinski definition) is 7. The summed E-state index contributed by atoms with van der Waals surface area (Å²) in [6.45, 7) is 1.81. The van der Waals surface area contributed by atoms with E-state index >= 15 is 0 Å². The molecule has 0 saturated carbocycles. The lowest BCUT2D eigenvalue weighted by atomic mass is 10.2. The smallest absolute Gasteiger partial charge is 0.317 e. The van der Waals surface area contributed by atoms with Gasteiger partial charge in [-0.2, -0.15) is 0 Å². The summed E-state index contributed by atoms with van der Waals surface area (Å²) in [6.07, 6.45) is 3.52. The number of para-hydroxylation sites is 1. The molecule has 0 spiro atoms. The third-order valence-corrected chi connectivity index (χ3v) is 5.23. The van der Waals surface area contributed by atoms with Crippen LogP contribution in [0.15, 0.2) is 46.4 Å². The van der Waals surface area contributed by atoms with E-state index in [1.807, 2.05) is 13.0 Å². The molecule has 1 N–H and O–H groups in total. The maximum Gasteiger partial charge on any atom is 0.317 e. The first-order valence-corrected chi connectivity index (χ1v) is 9.07. The zero-order chi connectivity index (χ0) is 19.4. The molecule has 0 fully saturated rings. The van der Waals surface area contributed by atoms with Gasteiger partial charge < -0.3 is 19.0 Å². The summed E-state index contributed by atoms with van der Waals surface area (Å²) in [5.74, 6) is 0.677. The third kappa shape index (κ3) is 3.63. The summed E-state index contributed by atoms with van der Waals surface area (Å²) in [4.78, 5) is 11.5. The van der Waals surface area contributed by atoms with Crippen LogP contribution in [0.3, 0.4) is 0 Å². The molecule has 1 atom stereocenters. The second kappa shape index (κ2) is 8.17. The summed E-state index contributed by atoms with van der Waals surface area (Å²) < 4.78 is 17.9. The fourth-order valence-corrected chi connectivity index (χ4v) is 3.51. The average Bonchev–Trinajstić information content (AvgIpc) is 3.34. The molecule has 8 nitrogen and oxygen atoms in total. The fourth-order valence-electron chi connectivity index (χ4n) is 2.61. The first-order valence-electron chi connectivity index (χ1n) is 8.19. The number of carboxylic acids is 1. The average molecular weight is 389 g/mol. The minimum absolute atomic E-state index is 0.420. The van der Waals surface area contributed by atoms with Gasteiger partial charge in [-0.1, -0.05) is 24.8 Å². The molecule has 3 rings (SSSR count). The molecule has 3 aromatic rings. The van der Waals surface area contributed by atoms with E-state index in [2.05, 4.69) is 10.2 Å². The number of methoxy groups -OCH3 is 2.